The van der Waals surface area contributed by atoms with Crippen molar-refractivity contribution in [3.63, 3.8) is 0 Å². The smallest absolute Gasteiger partial charge is 0.462 e. The molecule has 0 aliphatic rings. The molecule has 2 atom stereocenters. The van der Waals surface area contributed by atoms with E-state index in [2.05, 4.69) is 98.9 Å². The van der Waals surface area contributed by atoms with Gasteiger partial charge in [-0.2, -0.15) is 0 Å². The number of carbonyl (C=O) groups is 2. The molecule has 494 valence electrons. The minimum Gasteiger partial charge on any atom is -0.462 e. The van der Waals surface area contributed by atoms with Crippen molar-refractivity contribution in [1.29, 1.82) is 0 Å². The number of allylic oxidation sites excluding steroid dienone is 14. The van der Waals surface area contributed by atoms with Crippen LogP contribution in [0.25, 0.3) is 0 Å². The summed E-state index contributed by atoms with van der Waals surface area (Å²) in [4.78, 5) is 35.4. The summed E-state index contributed by atoms with van der Waals surface area (Å²) in [6, 6.07) is 0. The third kappa shape index (κ3) is 70.2. The fourth-order valence-corrected chi connectivity index (χ4v) is 11.3. The zero-order valence-electron chi connectivity index (χ0n) is 55.6. The maximum Gasteiger partial charge on any atom is 0.472 e. The first kappa shape index (κ1) is 82.2. The number of hydrogen-bond acceptors (Lipinski definition) is 8. The fraction of sp³-hybridized carbons (Fsp3) is 0.787. The molecule has 9 nitrogen and oxygen atoms in total. The van der Waals surface area contributed by atoms with Crippen molar-refractivity contribution >= 4 is 19.8 Å². The molecular weight excluding hydrogens is 1070 g/mol. The van der Waals surface area contributed by atoms with E-state index in [1.54, 1.807) is 0 Å². The Bertz CT molecular complexity index is 1670. The monoisotopic (exact) mass is 1210 g/mol. The normalized spacial score (nSPS) is 13.4. The van der Waals surface area contributed by atoms with Gasteiger partial charge in [0.05, 0.1) is 13.2 Å². The molecule has 0 spiro atoms. The molecule has 0 amide bonds. The van der Waals surface area contributed by atoms with Gasteiger partial charge in [-0.25, -0.2) is 4.57 Å². The molecule has 85 heavy (non-hydrogen) atoms. The zero-order chi connectivity index (χ0) is 61.6. The predicted octanol–water partition coefficient (Wildman–Crippen LogP) is 23.8. The highest BCUT2D eigenvalue weighted by Crippen LogP contribution is 2.43. The average Bonchev–Trinajstić information content (AvgIpc) is 3.52. The Labute approximate surface area is 525 Å². The van der Waals surface area contributed by atoms with E-state index in [1.165, 1.54) is 238 Å². The molecule has 0 aliphatic carbocycles. The van der Waals surface area contributed by atoms with Crippen LogP contribution in [0.3, 0.4) is 0 Å². The lowest BCUT2D eigenvalue weighted by atomic mass is 10.0. The minimum absolute atomic E-state index is 0.0543. The SMILES string of the molecule is CC/C=C\C/C=C\C/C=C\C/C=C\C/C=C\C/C=C\C/C=C\CCCCCCCCCCCCCCCCCCCCCC(=O)OC(COC(=O)CCCCCCCCCCCCCCCCCCCCCCCCC)COP(=O)(O)OCCN. The van der Waals surface area contributed by atoms with Gasteiger partial charge >= 0.3 is 19.8 Å². The molecule has 0 rings (SSSR count). The number of unbranched alkanes of at least 4 members (excludes halogenated alkanes) is 41. The maximum absolute atomic E-state index is 12.8. The second-order valence-corrected chi connectivity index (χ2v) is 25.5. The second-order valence-electron chi connectivity index (χ2n) is 24.1. The number of ether oxygens (including phenoxy) is 2. The van der Waals surface area contributed by atoms with Crippen LogP contribution in [0.2, 0.25) is 0 Å². The predicted molar refractivity (Wildman–Crippen MR) is 367 cm³/mol. The van der Waals surface area contributed by atoms with Gasteiger partial charge in [-0.1, -0.05) is 349 Å². The summed E-state index contributed by atoms with van der Waals surface area (Å²) in [5.74, 6) is -0.809. The van der Waals surface area contributed by atoms with E-state index >= 15 is 0 Å². The van der Waals surface area contributed by atoms with Crippen molar-refractivity contribution in [2.45, 2.75) is 354 Å². The largest absolute Gasteiger partial charge is 0.472 e. The summed E-state index contributed by atoms with van der Waals surface area (Å²) in [7, 11) is -4.39. The van der Waals surface area contributed by atoms with Crippen molar-refractivity contribution < 1.29 is 37.6 Å². The maximum atomic E-state index is 12.8. The fourth-order valence-electron chi connectivity index (χ4n) is 10.5. The molecular formula is C75H136NO8P. The van der Waals surface area contributed by atoms with Crippen LogP contribution in [0.1, 0.15) is 348 Å². The molecule has 10 heteroatoms. The van der Waals surface area contributed by atoms with E-state index in [0.717, 1.165) is 77.0 Å². The van der Waals surface area contributed by atoms with Crippen LogP contribution >= 0.6 is 7.82 Å². The number of phosphoric acid groups is 1. The molecule has 0 saturated carbocycles. The van der Waals surface area contributed by atoms with E-state index in [0.29, 0.717) is 6.42 Å². The lowest BCUT2D eigenvalue weighted by molar-refractivity contribution is -0.161. The number of nitrogens with two attached hydrogens (primary N) is 1. The minimum atomic E-state index is -4.39. The van der Waals surface area contributed by atoms with Gasteiger partial charge in [0.25, 0.3) is 0 Å². The van der Waals surface area contributed by atoms with Gasteiger partial charge in [0.2, 0.25) is 0 Å². The van der Waals surface area contributed by atoms with Crippen LogP contribution in [0.15, 0.2) is 85.1 Å². The van der Waals surface area contributed by atoms with Gasteiger partial charge in [0.15, 0.2) is 6.10 Å². The molecule has 0 aromatic heterocycles. The first-order valence-electron chi connectivity index (χ1n) is 36.1. The summed E-state index contributed by atoms with van der Waals surface area (Å²) >= 11 is 0. The van der Waals surface area contributed by atoms with Crippen molar-refractivity contribution in [3.8, 4) is 0 Å². The van der Waals surface area contributed by atoms with Crippen LogP contribution in [0.4, 0.5) is 0 Å². The second kappa shape index (κ2) is 70.3. The number of hydrogen-bond donors (Lipinski definition) is 2. The van der Waals surface area contributed by atoms with E-state index in [1.807, 2.05) is 0 Å². The molecule has 0 heterocycles. The Kier molecular flexibility index (Phi) is 68.0. The van der Waals surface area contributed by atoms with Crippen molar-refractivity contribution in [3.05, 3.63) is 85.1 Å². The molecule has 0 aromatic rings. The summed E-state index contributed by atoms with van der Waals surface area (Å²) in [6.45, 7) is 3.69. The van der Waals surface area contributed by atoms with Crippen LogP contribution < -0.4 is 5.73 Å². The van der Waals surface area contributed by atoms with Gasteiger partial charge in [-0.05, 0) is 70.6 Å². The van der Waals surface area contributed by atoms with Crippen molar-refractivity contribution in [2.24, 2.45) is 5.73 Å². The van der Waals surface area contributed by atoms with Crippen LogP contribution in [-0.4, -0.2) is 49.3 Å². The third-order valence-electron chi connectivity index (χ3n) is 15.8. The van der Waals surface area contributed by atoms with Gasteiger partial charge in [0, 0.05) is 19.4 Å². The van der Waals surface area contributed by atoms with Gasteiger partial charge in [-0.15, -0.1) is 0 Å². The Hall–Kier alpha value is -2.81. The standard InChI is InChI=1S/C75H136NO8P/c1-3-5-7-9-11-13-15-17-19-21-23-25-27-28-29-30-31-32-33-34-35-36-37-38-39-40-41-42-43-44-46-48-50-52-54-56-58-60-62-64-66-68-75(78)84-73(72-83-85(79,80)82-70-69-76)71-81-74(77)67-65-63-61-59-57-55-53-51-49-47-45-26-24-22-20-18-16-14-12-10-8-6-4-2/h5,7,11,13,17,19,23,25,28-29,31-32,34-35,73H,3-4,6,8-10,12,14-16,18,20-22,24,26-27,30,33,36-72,76H2,1-2H3,(H,79,80)/b7-5-,13-11-,19-17-,25-23-,29-28-,32-31-,35-34-. The van der Waals surface area contributed by atoms with Crippen molar-refractivity contribution in [2.75, 3.05) is 26.4 Å². The van der Waals surface area contributed by atoms with E-state index in [9.17, 15) is 19.0 Å². The van der Waals surface area contributed by atoms with Gasteiger partial charge < -0.3 is 20.1 Å². The summed E-state index contributed by atoms with van der Waals surface area (Å²) in [5, 5.41) is 0. The van der Waals surface area contributed by atoms with Crippen LogP contribution in [0.5, 0.6) is 0 Å². The van der Waals surface area contributed by atoms with Crippen LogP contribution in [0, 0.1) is 0 Å². The first-order chi connectivity index (χ1) is 41.8. The Morgan fingerprint density at radius 3 is 0.965 bits per heavy atom. The number of phosphoric ester groups is 1. The number of esters is 2. The third-order valence-corrected chi connectivity index (χ3v) is 16.8. The first-order valence-corrected chi connectivity index (χ1v) is 37.6. The van der Waals surface area contributed by atoms with Crippen LogP contribution in [-0.2, 0) is 32.7 Å². The topological polar surface area (TPSA) is 134 Å². The number of rotatable bonds is 68. The Balaban J connectivity index is 3.81. The molecule has 0 saturated heterocycles. The highest BCUT2D eigenvalue weighted by Gasteiger charge is 2.26. The zero-order valence-corrected chi connectivity index (χ0v) is 56.5. The molecule has 0 radical (unpaired) electrons. The molecule has 3 N–H and O–H groups in total. The quantitative estimate of drug-likeness (QED) is 0.0264. The van der Waals surface area contributed by atoms with Gasteiger partial charge in [0.1, 0.15) is 6.61 Å². The highest BCUT2D eigenvalue weighted by atomic mass is 31.2. The molecule has 0 bridgehead atoms. The lowest BCUT2D eigenvalue weighted by Crippen LogP contribution is -2.29. The molecule has 0 aliphatic heterocycles. The van der Waals surface area contributed by atoms with E-state index < -0.39 is 26.5 Å². The van der Waals surface area contributed by atoms with E-state index in [-0.39, 0.29) is 38.6 Å². The van der Waals surface area contributed by atoms with E-state index in [4.69, 9.17) is 24.3 Å². The summed E-state index contributed by atoms with van der Waals surface area (Å²) in [5.41, 5.74) is 5.40. The van der Waals surface area contributed by atoms with Crippen molar-refractivity contribution in [1.82, 2.24) is 0 Å². The molecule has 0 fully saturated rings. The molecule has 0 aromatic carbocycles. The highest BCUT2D eigenvalue weighted by molar-refractivity contribution is 7.47. The molecule has 2 unspecified atom stereocenters. The summed E-state index contributed by atoms with van der Waals surface area (Å²) < 4.78 is 33.2. The lowest BCUT2D eigenvalue weighted by Gasteiger charge is -2.19. The number of carbonyl (C=O) groups excluding carboxylic acids is 2. The summed E-state index contributed by atoms with van der Waals surface area (Å²) in [6.07, 6.45) is 94.0. The Morgan fingerprint density at radius 1 is 0.365 bits per heavy atom. The van der Waals surface area contributed by atoms with Gasteiger partial charge in [-0.3, -0.25) is 18.6 Å². The average molecular weight is 1210 g/mol. The Morgan fingerprint density at radius 2 is 0.647 bits per heavy atom.